The number of carbonyl (C=O) groups excluding carboxylic acids is 2. The minimum atomic E-state index is -0.677. The van der Waals surface area contributed by atoms with Gasteiger partial charge in [-0.1, -0.05) is 30.3 Å². The maximum absolute atomic E-state index is 13.5. The lowest BCUT2D eigenvalue weighted by molar-refractivity contribution is -0.119. The molecule has 0 atom stereocenters. The van der Waals surface area contributed by atoms with Crippen molar-refractivity contribution in [2.75, 3.05) is 6.61 Å². The van der Waals surface area contributed by atoms with Gasteiger partial charge in [0.15, 0.2) is 6.61 Å². The Hall–Kier alpha value is -2.89. The number of amides is 1. The molecule has 0 aromatic heterocycles. The number of halogens is 1. The van der Waals surface area contributed by atoms with Crippen molar-refractivity contribution in [3.05, 3.63) is 65.5 Å². The molecule has 2 aromatic rings. The Labute approximate surface area is 126 Å². The van der Waals surface area contributed by atoms with E-state index in [4.69, 9.17) is 15.2 Å². The number of ether oxygens (including phenoxy) is 2. The van der Waals surface area contributed by atoms with Crippen molar-refractivity contribution in [2.45, 2.75) is 6.61 Å². The van der Waals surface area contributed by atoms with Crippen LogP contribution in [0.2, 0.25) is 0 Å². The van der Waals surface area contributed by atoms with Crippen molar-refractivity contribution in [1.29, 1.82) is 0 Å². The second-order valence-corrected chi connectivity index (χ2v) is 4.42. The monoisotopic (exact) mass is 303 g/mol. The molecular weight excluding hydrogens is 289 g/mol. The van der Waals surface area contributed by atoms with Gasteiger partial charge in [0.25, 0.3) is 5.91 Å². The van der Waals surface area contributed by atoms with E-state index in [-0.39, 0.29) is 30.1 Å². The van der Waals surface area contributed by atoms with E-state index in [2.05, 4.69) is 0 Å². The largest absolute Gasteiger partial charge is 0.483 e. The quantitative estimate of drug-likeness (QED) is 0.828. The first-order valence-electron chi connectivity index (χ1n) is 6.48. The summed E-state index contributed by atoms with van der Waals surface area (Å²) >= 11 is 0. The number of primary amides is 1. The molecule has 0 saturated heterocycles. The third-order valence-corrected chi connectivity index (χ3v) is 2.79. The summed E-state index contributed by atoms with van der Waals surface area (Å²) in [5.74, 6) is -1.61. The van der Waals surface area contributed by atoms with Gasteiger partial charge in [0.1, 0.15) is 23.7 Å². The summed E-state index contributed by atoms with van der Waals surface area (Å²) < 4.78 is 23.7. The van der Waals surface area contributed by atoms with E-state index in [1.54, 1.807) is 24.3 Å². The normalized spacial score (nSPS) is 10.0. The van der Waals surface area contributed by atoms with Gasteiger partial charge >= 0.3 is 5.97 Å². The van der Waals surface area contributed by atoms with Crippen LogP contribution >= 0.6 is 0 Å². The van der Waals surface area contributed by atoms with Gasteiger partial charge in [-0.05, 0) is 18.2 Å². The fourth-order valence-corrected chi connectivity index (χ4v) is 1.75. The second kappa shape index (κ2) is 7.21. The van der Waals surface area contributed by atoms with Gasteiger partial charge in [0, 0.05) is 5.56 Å². The van der Waals surface area contributed by atoms with Gasteiger partial charge in [-0.2, -0.15) is 0 Å². The Balaban J connectivity index is 2.06. The highest BCUT2D eigenvalue weighted by Crippen LogP contribution is 2.19. The molecule has 0 saturated carbocycles. The summed E-state index contributed by atoms with van der Waals surface area (Å²) in [5.41, 5.74) is 5.40. The van der Waals surface area contributed by atoms with Crippen LogP contribution in [0.3, 0.4) is 0 Å². The molecule has 22 heavy (non-hydrogen) atoms. The van der Waals surface area contributed by atoms with E-state index in [0.717, 1.165) is 0 Å². The summed E-state index contributed by atoms with van der Waals surface area (Å²) in [6, 6.07) is 12.3. The van der Waals surface area contributed by atoms with E-state index < -0.39 is 17.7 Å². The summed E-state index contributed by atoms with van der Waals surface area (Å²) in [6.45, 7) is -0.548. The highest BCUT2D eigenvalue weighted by Gasteiger charge is 2.15. The van der Waals surface area contributed by atoms with Crippen LogP contribution in [-0.4, -0.2) is 18.5 Å². The highest BCUT2D eigenvalue weighted by atomic mass is 19.1. The smallest absolute Gasteiger partial charge is 0.342 e. The standard InChI is InChI=1S/C16H14FNO4/c17-13-7-3-1-5-11(13)9-22-16(20)12-6-2-4-8-14(12)21-10-15(18)19/h1-8H,9-10H2,(H2,18,19). The first kappa shape index (κ1) is 15.5. The molecule has 2 N–H and O–H groups in total. The van der Waals surface area contributed by atoms with E-state index in [1.807, 2.05) is 0 Å². The molecule has 6 heteroatoms. The molecule has 5 nitrogen and oxygen atoms in total. The van der Waals surface area contributed by atoms with Crippen molar-refractivity contribution in [2.24, 2.45) is 5.73 Å². The number of benzene rings is 2. The highest BCUT2D eigenvalue weighted by molar-refractivity contribution is 5.92. The van der Waals surface area contributed by atoms with E-state index >= 15 is 0 Å². The average Bonchev–Trinajstić information content (AvgIpc) is 2.52. The Morgan fingerprint density at radius 3 is 2.45 bits per heavy atom. The number of hydrogen-bond acceptors (Lipinski definition) is 4. The first-order valence-corrected chi connectivity index (χ1v) is 6.48. The van der Waals surface area contributed by atoms with E-state index in [1.165, 1.54) is 24.3 Å². The number of rotatable bonds is 6. The summed E-state index contributed by atoms with van der Waals surface area (Å²) in [7, 11) is 0. The van der Waals surface area contributed by atoms with Gasteiger partial charge < -0.3 is 15.2 Å². The summed E-state index contributed by atoms with van der Waals surface area (Å²) in [4.78, 5) is 22.8. The predicted octanol–water partition coefficient (Wildman–Crippen LogP) is 2.05. The maximum Gasteiger partial charge on any atom is 0.342 e. The molecule has 0 aliphatic rings. The molecule has 1 amide bonds. The molecule has 0 bridgehead atoms. The number of nitrogens with two attached hydrogens (primary N) is 1. The van der Waals surface area contributed by atoms with Crippen LogP contribution in [0.15, 0.2) is 48.5 Å². The summed E-state index contributed by atoms with van der Waals surface area (Å²) in [6.07, 6.45) is 0. The third-order valence-electron chi connectivity index (χ3n) is 2.79. The van der Waals surface area contributed by atoms with Crippen LogP contribution in [-0.2, 0) is 16.1 Å². The van der Waals surface area contributed by atoms with Gasteiger partial charge in [-0.15, -0.1) is 0 Å². The van der Waals surface area contributed by atoms with Gasteiger partial charge in [-0.3, -0.25) is 4.79 Å². The van der Waals surface area contributed by atoms with Crippen LogP contribution < -0.4 is 10.5 Å². The number of esters is 1. The predicted molar refractivity (Wildman–Crippen MR) is 76.7 cm³/mol. The molecule has 0 aliphatic carbocycles. The zero-order valence-corrected chi connectivity index (χ0v) is 11.6. The molecule has 0 spiro atoms. The SMILES string of the molecule is NC(=O)COc1ccccc1C(=O)OCc1ccccc1F. The second-order valence-electron chi connectivity index (χ2n) is 4.42. The zero-order valence-electron chi connectivity index (χ0n) is 11.6. The number of para-hydroxylation sites is 1. The van der Waals surface area contributed by atoms with Crippen LogP contribution in [0.4, 0.5) is 4.39 Å². The Morgan fingerprint density at radius 1 is 1.05 bits per heavy atom. The van der Waals surface area contributed by atoms with Gasteiger partial charge in [0.2, 0.25) is 0 Å². The molecule has 2 aromatic carbocycles. The molecule has 114 valence electrons. The Morgan fingerprint density at radius 2 is 1.73 bits per heavy atom. The van der Waals surface area contributed by atoms with Crippen molar-refractivity contribution >= 4 is 11.9 Å². The van der Waals surface area contributed by atoms with E-state index in [0.29, 0.717) is 0 Å². The molecule has 0 heterocycles. The molecule has 0 aliphatic heterocycles. The van der Waals surface area contributed by atoms with Crippen LogP contribution in [0.25, 0.3) is 0 Å². The lowest BCUT2D eigenvalue weighted by atomic mass is 10.2. The Kier molecular flexibility index (Phi) is 5.08. The minimum absolute atomic E-state index is 0.139. The molecule has 0 unspecified atom stereocenters. The van der Waals surface area contributed by atoms with E-state index in [9.17, 15) is 14.0 Å². The maximum atomic E-state index is 13.5. The van der Waals surface area contributed by atoms with Crippen molar-refractivity contribution < 1.29 is 23.5 Å². The molecular formula is C16H14FNO4. The fourth-order valence-electron chi connectivity index (χ4n) is 1.75. The lowest BCUT2D eigenvalue weighted by Crippen LogP contribution is -2.21. The first-order chi connectivity index (χ1) is 10.6. The number of carbonyl (C=O) groups is 2. The van der Waals surface area contributed by atoms with Crippen molar-refractivity contribution in [3.8, 4) is 5.75 Å². The van der Waals surface area contributed by atoms with Crippen LogP contribution in [0.1, 0.15) is 15.9 Å². The third kappa shape index (κ3) is 4.05. The van der Waals surface area contributed by atoms with Gasteiger partial charge in [0.05, 0.1) is 0 Å². The van der Waals surface area contributed by atoms with Gasteiger partial charge in [-0.25, -0.2) is 9.18 Å². The minimum Gasteiger partial charge on any atom is -0.483 e. The zero-order chi connectivity index (χ0) is 15.9. The Bertz CT molecular complexity index is 687. The average molecular weight is 303 g/mol. The fraction of sp³-hybridized carbons (Fsp3) is 0.125. The lowest BCUT2D eigenvalue weighted by Gasteiger charge is -2.10. The number of hydrogen-bond donors (Lipinski definition) is 1. The topological polar surface area (TPSA) is 78.6 Å². The van der Waals surface area contributed by atoms with Crippen molar-refractivity contribution in [1.82, 2.24) is 0 Å². The molecule has 0 radical (unpaired) electrons. The van der Waals surface area contributed by atoms with Crippen LogP contribution in [0.5, 0.6) is 5.75 Å². The van der Waals surface area contributed by atoms with Crippen molar-refractivity contribution in [3.63, 3.8) is 0 Å². The van der Waals surface area contributed by atoms with Crippen LogP contribution in [0, 0.1) is 5.82 Å². The summed E-state index contributed by atoms with van der Waals surface area (Å²) in [5, 5.41) is 0. The molecule has 2 rings (SSSR count). The molecule has 0 fully saturated rings.